The minimum Gasteiger partial charge on any atom is -0.493 e. The van der Waals surface area contributed by atoms with Crippen molar-refractivity contribution in [3.8, 4) is 11.5 Å². The molecule has 0 aliphatic heterocycles. The number of ether oxygens (including phenoxy) is 2. The maximum Gasteiger partial charge on any atom is 0.271 e. The molecule has 0 unspecified atom stereocenters. The van der Waals surface area contributed by atoms with Crippen LogP contribution in [0.5, 0.6) is 11.5 Å². The first-order valence-electron chi connectivity index (χ1n) is 8.45. The fraction of sp³-hybridized carbons (Fsp3) is 0.0952. The second kappa shape index (κ2) is 9.53. The molecular weight excluding hydrogens is 378 g/mol. The second-order valence-electron chi connectivity index (χ2n) is 5.73. The maximum atomic E-state index is 12.0. The number of hydrogen-bond acceptors (Lipinski definition) is 5. The zero-order chi connectivity index (χ0) is 19.8. The van der Waals surface area contributed by atoms with Crippen molar-refractivity contribution in [2.45, 2.75) is 6.61 Å². The Morgan fingerprint density at radius 2 is 1.93 bits per heavy atom. The van der Waals surface area contributed by atoms with Crippen molar-refractivity contribution in [1.82, 2.24) is 10.4 Å². The van der Waals surface area contributed by atoms with Gasteiger partial charge in [-0.1, -0.05) is 29.8 Å². The van der Waals surface area contributed by atoms with Crippen LogP contribution in [-0.4, -0.2) is 24.2 Å². The van der Waals surface area contributed by atoms with Gasteiger partial charge in [-0.2, -0.15) is 5.10 Å². The van der Waals surface area contributed by atoms with Gasteiger partial charge in [0.2, 0.25) is 0 Å². The molecule has 2 aromatic carbocycles. The van der Waals surface area contributed by atoms with Gasteiger partial charge in [-0.3, -0.25) is 9.78 Å². The first-order valence-corrected chi connectivity index (χ1v) is 8.83. The van der Waals surface area contributed by atoms with Crippen molar-refractivity contribution in [3.05, 3.63) is 88.7 Å². The third kappa shape index (κ3) is 5.08. The van der Waals surface area contributed by atoms with Crippen molar-refractivity contribution in [2.24, 2.45) is 5.10 Å². The Kier molecular flexibility index (Phi) is 6.59. The lowest BCUT2D eigenvalue weighted by Gasteiger charge is -2.12. The number of rotatable bonds is 7. The molecule has 7 heteroatoms. The molecule has 0 atom stereocenters. The molecule has 0 fully saturated rings. The SMILES string of the molecule is COc1cc(/C=N\NC(=O)c2ccncc2)ccc1OCc1ccccc1Cl. The number of carbonyl (C=O) groups is 1. The van der Waals surface area contributed by atoms with E-state index < -0.39 is 0 Å². The van der Waals surface area contributed by atoms with Crippen molar-refractivity contribution in [3.63, 3.8) is 0 Å². The third-order valence-electron chi connectivity index (χ3n) is 3.85. The molecule has 0 spiro atoms. The van der Waals surface area contributed by atoms with Crippen LogP contribution in [0.15, 0.2) is 72.1 Å². The van der Waals surface area contributed by atoms with Crippen molar-refractivity contribution < 1.29 is 14.3 Å². The Morgan fingerprint density at radius 1 is 1.14 bits per heavy atom. The van der Waals surface area contributed by atoms with E-state index in [4.69, 9.17) is 21.1 Å². The van der Waals surface area contributed by atoms with Crippen LogP contribution in [-0.2, 0) is 6.61 Å². The largest absolute Gasteiger partial charge is 0.493 e. The summed E-state index contributed by atoms with van der Waals surface area (Å²) in [5, 5.41) is 4.62. The van der Waals surface area contributed by atoms with Crippen LogP contribution in [0, 0.1) is 0 Å². The fourth-order valence-corrected chi connectivity index (χ4v) is 2.58. The van der Waals surface area contributed by atoms with E-state index in [1.807, 2.05) is 30.3 Å². The first kappa shape index (κ1) is 19.4. The molecule has 0 radical (unpaired) electrons. The molecule has 0 bridgehead atoms. The Balaban J connectivity index is 1.64. The molecule has 0 saturated heterocycles. The monoisotopic (exact) mass is 395 g/mol. The second-order valence-corrected chi connectivity index (χ2v) is 6.13. The van der Waals surface area contributed by atoms with Gasteiger partial charge in [0.1, 0.15) is 6.61 Å². The number of benzene rings is 2. The normalized spacial score (nSPS) is 10.6. The third-order valence-corrected chi connectivity index (χ3v) is 4.22. The Hall–Kier alpha value is -3.38. The summed E-state index contributed by atoms with van der Waals surface area (Å²) in [4.78, 5) is 15.8. The molecule has 6 nitrogen and oxygen atoms in total. The van der Waals surface area contributed by atoms with Gasteiger partial charge < -0.3 is 9.47 Å². The molecular formula is C21H18ClN3O3. The summed E-state index contributed by atoms with van der Waals surface area (Å²) in [6.45, 7) is 0.325. The summed E-state index contributed by atoms with van der Waals surface area (Å²) in [5.74, 6) is 0.821. The van der Waals surface area contributed by atoms with E-state index in [1.165, 1.54) is 6.21 Å². The average Bonchev–Trinajstić information content (AvgIpc) is 2.74. The predicted octanol–water partition coefficient (Wildman–Crippen LogP) is 4.09. The van der Waals surface area contributed by atoms with E-state index in [1.54, 1.807) is 43.8 Å². The molecule has 1 amide bonds. The lowest BCUT2D eigenvalue weighted by molar-refractivity contribution is 0.0955. The van der Waals surface area contributed by atoms with Gasteiger partial charge in [-0.25, -0.2) is 5.43 Å². The summed E-state index contributed by atoms with van der Waals surface area (Å²) in [6, 6.07) is 16.1. The number of hydrogen-bond donors (Lipinski definition) is 1. The van der Waals surface area contributed by atoms with E-state index in [0.29, 0.717) is 28.7 Å². The van der Waals surface area contributed by atoms with Gasteiger partial charge in [-0.05, 0) is 42.0 Å². The number of halogens is 1. The van der Waals surface area contributed by atoms with E-state index in [-0.39, 0.29) is 5.91 Å². The van der Waals surface area contributed by atoms with Crippen LogP contribution in [0.2, 0.25) is 5.02 Å². The summed E-state index contributed by atoms with van der Waals surface area (Å²) in [7, 11) is 1.56. The molecule has 1 aromatic heterocycles. The molecule has 0 aliphatic rings. The summed E-state index contributed by atoms with van der Waals surface area (Å²) in [5.41, 5.74) is 4.58. The zero-order valence-corrected chi connectivity index (χ0v) is 15.9. The molecule has 1 N–H and O–H groups in total. The van der Waals surface area contributed by atoms with Gasteiger partial charge >= 0.3 is 0 Å². The smallest absolute Gasteiger partial charge is 0.271 e. The Labute approximate surface area is 167 Å². The van der Waals surface area contributed by atoms with Crippen LogP contribution in [0.4, 0.5) is 0 Å². The molecule has 1 heterocycles. The Bertz CT molecular complexity index is 978. The summed E-state index contributed by atoms with van der Waals surface area (Å²) >= 11 is 6.15. The minimum absolute atomic E-state index is 0.315. The lowest BCUT2D eigenvalue weighted by Crippen LogP contribution is -2.17. The van der Waals surface area contributed by atoms with Crippen LogP contribution < -0.4 is 14.9 Å². The maximum absolute atomic E-state index is 12.0. The number of nitrogens with one attached hydrogen (secondary N) is 1. The Morgan fingerprint density at radius 3 is 2.68 bits per heavy atom. The van der Waals surface area contributed by atoms with E-state index in [0.717, 1.165) is 11.1 Å². The highest BCUT2D eigenvalue weighted by atomic mass is 35.5. The van der Waals surface area contributed by atoms with Crippen molar-refractivity contribution in [1.29, 1.82) is 0 Å². The highest BCUT2D eigenvalue weighted by molar-refractivity contribution is 6.31. The number of pyridine rings is 1. The van der Waals surface area contributed by atoms with Gasteiger partial charge in [0, 0.05) is 28.5 Å². The van der Waals surface area contributed by atoms with Gasteiger partial charge in [0.15, 0.2) is 11.5 Å². The standard InChI is InChI=1S/C21H18ClN3O3/c1-27-20-12-15(13-24-25-21(26)16-8-10-23-11-9-16)6-7-19(20)28-14-17-4-2-3-5-18(17)22/h2-13H,14H2,1H3,(H,25,26)/b24-13-. The number of methoxy groups -OCH3 is 1. The molecule has 142 valence electrons. The predicted molar refractivity (Wildman–Crippen MR) is 108 cm³/mol. The molecule has 3 aromatic rings. The van der Waals surface area contributed by atoms with Crippen molar-refractivity contribution >= 4 is 23.7 Å². The van der Waals surface area contributed by atoms with E-state index in [2.05, 4.69) is 15.5 Å². The lowest BCUT2D eigenvalue weighted by atomic mass is 10.2. The van der Waals surface area contributed by atoms with Crippen LogP contribution in [0.1, 0.15) is 21.5 Å². The van der Waals surface area contributed by atoms with Gasteiger partial charge in [0.25, 0.3) is 5.91 Å². The van der Waals surface area contributed by atoms with Crippen molar-refractivity contribution in [2.75, 3.05) is 7.11 Å². The average molecular weight is 396 g/mol. The minimum atomic E-state index is -0.315. The van der Waals surface area contributed by atoms with E-state index in [9.17, 15) is 4.79 Å². The number of nitrogens with zero attached hydrogens (tertiary/aromatic N) is 2. The quantitative estimate of drug-likeness (QED) is 0.483. The topological polar surface area (TPSA) is 72.8 Å². The van der Waals surface area contributed by atoms with Gasteiger partial charge in [-0.15, -0.1) is 0 Å². The number of amides is 1. The van der Waals surface area contributed by atoms with E-state index >= 15 is 0 Å². The summed E-state index contributed by atoms with van der Waals surface area (Å²) < 4.78 is 11.2. The summed E-state index contributed by atoms with van der Waals surface area (Å²) in [6.07, 6.45) is 4.62. The van der Waals surface area contributed by atoms with Crippen LogP contribution in [0.25, 0.3) is 0 Å². The first-order chi connectivity index (χ1) is 13.7. The van der Waals surface area contributed by atoms with Crippen LogP contribution in [0.3, 0.4) is 0 Å². The molecule has 0 saturated carbocycles. The fourth-order valence-electron chi connectivity index (χ4n) is 2.39. The molecule has 28 heavy (non-hydrogen) atoms. The number of carbonyl (C=O) groups excluding carboxylic acids is 1. The number of hydrazone groups is 1. The van der Waals surface area contributed by atoms with Gasteiger partial charge in [0.05, 0.1) is 13.3 Å². The number of aromatic nitrogens is 1. The van der Waals surface area contributed by atoms with Crippen LogP contribution >= 0.6 is 11.6 Å². The molecule has 3 rings (SSSR count). The zero-order valence-electron chi connectivity index (χ0n) is 15.1. The molecule has 0 aliphatic carbocycles. The highest BCUT2D eigenvalue weighted by Gasteiger charge is 2.07. The highest BCUT2D eigenvalue weighted by Crippen LogP contribution is 2.29.